The average Bonchev–Trinajstić information content (AvgIpc) is 2.00. The van der Waals surface area contributed by atoms with E-state index < -0.39 is 16.1 Å². The van der Waals surface area contributed by atoms with Crippen molar-refractivity contribution in [2.45, 2.75) is 11.2 Å². The van der Waals surface area contributed by atoms with Gasteiger partial charge < -0.3 is 0 Å². The summed E-state index contributed by atoms with van der Waals surface area (Å²) in [6.07, 6.45) is -3.54. The molecule has 0 saturated carbocycles. The van der Waals surface area contributed by atoms with E-state index in [0.29, 0.717) is 0 Å². The molecule has 0 radical (unpaired) electrons. The van der Waals surface area contributed by atoms with Crippen molar-refractivity contribution in [2.24, 2.45) is 0 Å². The number of sulfone groups is 1. The molecule has 0 amide bonds. The fourth-order valence-electron chi connectivity index (χ4n) is 0.949. The summed E-state index contributed by atoms with van der Waals surface area (Å²) in [5.74, 6) is 0. The van der Waals surface area contributed by atoms with Crippen molar-refractivity contribution in [3.63, 3.8) is 0 Å². The number of hydrogen-bond donors (Lipinski definition) is 1. The van der Waals surface area contributed by atoms with Crippen LogP contribution in [0.1, 0.15) is 0 Å². The summed E-state index contributed by atoms with van der Waals surface area (Å²) < 4.78 is 57.5. The number of nitrogens with one attached hydrogen (secondary N) is 1. The summed E-state index contributed by atoms with van der Waals surface area (Å²) >= 11 is 0. The predicted octanol–water partition coefficient (Wildman–Crippen LogP) is 2.02. The van der Waals surface area contributed by atoms with Crippen LogP contribution >= 0.6 is 0 Å². The number of alkyl halides is 3. The average molecular weight is 239 g/mol. The third kappa shape index (κ3) is 3.78. The zero-order chi connectivity index (χ0) is 11.7. The van der Waals surface area contributed by atoms with Crippen molar-refractivity contribution in [1.29, 1.82) is 0 Å². The molecule has 0 aliphatic heterocycles. The number of hydrogen-bond acceptors (Lipinski definition) is 3. The lowest BCUT2D eigenvalue weighted by atomic mass is 10.3. The third-order valence-corrected chi connectivity index (χ3v) is 2.70. The smallest absolute Gasteiger partial charge is 0.298 e. The molecule has 0 aliphatic carbocycles. The number of rotatable bonds is 2. The minimum absolute atomic E-state index is 0.0183. The first-order valence-electron chi connectivity index (χ1n) is 3.83. The molecular formula is C8H8F3NO2S. The van der Waals surface area contributed by atoms with Crippen LogP contribution in [0.15, 0.2) is 29.2 Å². The summed E-state index contributed by atoms with van der Waals surface area (Å²) in [6, 6.07) is 4.35. The number of benzene rings is 1. The third-order valence-electron chi connectivity index (χ3n) is 1.57. The van der Waals surface area contributed by atoms with Crippen LogP contribution in [0.4, 0.5) is 18.9 Å². The van der Waals surface area contributed by atoms with Gasteiger partial charge in [0.2, 0.25) is 0 Å². The van der Waals surface area contributed by atoms with E-state index in [2.05, 4.69) is 0 Å². The van der Waals surface area contributed by atoms with Crippen LogP contribution in [0.2, 0.25) is 0 Å². The van der Waals surface area contributed by atoms with Gasteiger partial charge >= 0.3 is 6.30 Å². The minimum Gasteiger partial charge on any atom is -0.298 e. The van der Waals surface area contributed by atoms with Crippen LogP contribution in [0.3, 0.4) is 0 Å². The first kappa shape index (κ1) is 11.8. The Labute approximate surface area is 84.8 Å². The maximum Gasteiger partial charge on any atom is 0.482 e. The standard InChI is InChI=1S/C8H8F3NO2S/c1-15(13,14)7-4-2-6(3-5-7)12-8(9,10)11/h2-5,12H,1H3. The summed E-state index contributed by atoms with van der Waals surface area (Å²) in [5.41, 5.74) is -0.199. The Hall–Kier alpha value is -1.24. The fourth-order valence-corrected chi connectivity index (χ4v) is 1.58. The lowest BCUT2D eigenvalue weighted by Gasteiger charge is -2.09. The number of anilines is 1. The van der Waals surface area contributed by atoms with E-state index in [1.807, 2.05) is 0 Å². The van der Waals surface area contributed by atoms with Gasteiger partial charge in [0.1, 0.15) is 0 Å². The monoisotopic (exact) mass is 239 g/mol. The van der Waals surface area contributed by atoms with E-state index >= 15 is 0 Å². The van der Waals surface area contributed by atoms with Crippen molar-refractivity contribution in [3.05, 3.63) is 24.3 Å². The predicted molar refractivity (Wildman–Crippen MR) is 49.2 cm³/mol. The quantitative estimate of drug-likeness (QED) is 0.803. The molecule has 1 N–H and O–H groups in total. The van der Waals surface area contributed by atoms with Gasteiger partial charge in [-0.1, -0.05) is 0 Å². The molecule has 0 fully saturated rings. The molecule has 15 heavy (non-hydrogen) atoms. The normalized spacial score (nSPS) is 12.5. The molecule has 7 heteroatoms. The Balaban J connectivity index is 2.92. The van der Waals surface area contributed by atoms with Gasteiger partial charge in [0.05, 0.1) is 4.90 Å². The fraction of sp³-hybridized carbons (Fsp3) is 0.250. The zero-order valence-corrected chi connectivity index (χ0v) is 8.48. The van der Waals surface area contributed by atoms with Gasteiger partial charge in [-0.15, -0.1) is 0 Å². The van der Waals surface area contributed by atoms with Gasteiger partial charge in [0.15, 0.2) is 9.84 Å². The van der Waals surface area contributed by atoms with Crippen molar-refractivity contribution in [2.75, 3.05) is 11.6 Å². The second kappa shape index (κ2) is 3.73. The van der Waals surface area contributed by atoms with Gasteiger partial charge in [0, 0.05) is 11.9 Å². The van der Waals surface area contributed by atoms with Crippen molar-refractivity contribution < 1.29 is 21.6 Å². The van der Waals surface area contributed by atoms with E-state index in [-0.39, 0.29) is 10.6 Å². The van der Waals surface area contributed by atoms with E-state index in [1.165, 1.54) is 5.32 Å². The molecule has 0 bridgehead atoms. The van der Waals surface area contributed by atoms with Gasteiger partial charge in [-0.2, -0.15) is 13.2 Å². The van der Waals surface area contributed by atoms with Crippen LogP contribution in [0, 0.1) is 0 Å². The Kier molecular flexibility index (Phi) is 2.94. The van der Waals surface area contributed by atoms with Gasteiger partial charge in [-0.3, -0.25) is 5.32 Å². The van der Waals surface area contributed by atoms with E-state index in [0.717, 1.165) is 30.5 Å². The molecule has 0 saturated heterocycles. The van der Waals surface area contributed by atoms with E-state index in [9.17, 15) is 21.6 Å². The maximum atomic E-state index is 11.8. The SMILES string of the molecule is CS(=O)(=O)c1ccc(NC(F)(F)F)cc1. The van der Waals surface area contributed by atoms with Crippen LogP contribution in [0.25, 0.3) is 0 Å². The van der Waals surface area contributed by atoms with Crippen LogP contribution in [0.5, 0.6) is 0 Å². The second-order valence-corrected chi connectivity index (χ2v) is 4.94. The molecule has 1 aromatic carbocycles. The van der Waals surface area contributed by atoms with Gasteiger partial charge in [0.25, 0.3) is 0 Å². The van der Waals surface area contributed by atoms with Gasteiger partial charge in [-0.25, -0.2) is 8.42 Å². The molecule has 0 spiro atoms. The molecule has 1 aromatic rings. The molecule has 0 unspecified atom stereocenters. The van der Waals surface area contributed by atoms with Crippen LogP contribution < -0.4 is 5.32 Å². The largest absolute Gasteiger partial charge is 0.482 e. The highest BCUT2D eigenvalue weighted by Crippen LogP contribution is 2.21. The van der Waals surface area contributed by atoms with Crippen molar-refractivity contribution in [3.8, 4) is 0 Å². The Morgan fingerprint density at radius 3 is 1.93 bits per heavy atom. The highest BCUT2D eigenvalue weighted by Gasteiger charge is 2.26. The molecule has 0 heterocycles. The lowest BCUT2D eigenvalue weighted by Crippen LogP contribution is -2.20. The Bertz CT molecular complexity index is 436. The van der Waals surface area contributed by atoms with Crippen molar-refractivity contribution in [1.82, 2.24) is 0 Å². The van der Waals surface area contributed by atoms with Crippen molar-refractivity contribution >= 4 is 15.5 Å². The summed E-state index contributed by atoms with van der Waals surface area (Å²) in [7, 11) is -3.37. The summed E-state index contributed by atoms with van der Waals surface area (Å²) in [6.45, 7) is 0. The number of halogens is 3. The van der Waals surface area contributed by atoms with Gasteiger partial charge in [-0.05, 0) is 24.3 Å². The van der Waals surface area contributed by atoms with E-state index in [4.69, 9.17) is 0 Å². The minimum atomic E-state index is -4.52. The molecule has 84 valence electrons. The maximum absolute atomic E-state index is 11.8. The molecule has 0 aromatic heterocycles. The zero-order valence-electron chi connectivity index (χ0n) is 7.67. The highest BCUT2D eigenvalue weighted by molar-refractivity contribution is 7.90. The first-order chi connectivity index (χ1) is 6.68. The lowest BCUT2D eigenvalue weighted by molar-refractivity contribution is -0.0999. The molecular weight excluding hydrogens is 231 g/mol. The topological polar surface area (TPSA) is 46.2 Å². The summed E-state index contributed by atoms with van der Waals surface area (Å²) in [4.78, 5) is -0.0183. The molecule has 0 atom stereocenters. The molecule has 3 nitrogen and oxygen atoms in total. The summed E-state index contributed by atoms with van der Waals surface area (Å²) in [5, 5.41) is 1.26. The van der Waals surface area contributed by atoms with Crippen LogP contribution in [-0.4, -0.2) is 21.0 Å². The first-order valence-corrected chi connectivity index (χ1v) is 5.73. The Morgan fingerprint density at radius 2 is 1.60 bits per heavy atom. The highest BCUT2D eigenvalue weighted by atomic mass is 32.2. The van der Waals surface area contributed by atoms with Crippen LogP contribution in [-0.2, 0) is 9.84 Å². The molecule has 1 rings (SSSR count). The second-order valence-electron chi connectivity index (χ2n) is 2.92. The molecule has 0 aliphatic rings. The Morgan fingerprint density at radius 1 is 1.13 bits per heavy atom. The van der Waals surface area contributed by atoms with E-state index in [1.54, 1.807) is 0 Å².